The largest absolute Gasteiger partial charge is 0.379 e. The Morgan fingerprint density at radius 1 is 0.864 bits per heavy atom. The maximum atomic E-state index is 11.8. The van der Waals surface area contributed by atoms with Crippen LogP contribution in [0.3, 0.4) is 0 Å². The molecule has 0 spiro atoms. The zero-order valence-corrected chi connectivity index (χ0v) is 15.2. The van der Waals surface area contributed by atoms with Crippen LogP contribution in [-0.2, 0) is 14.3 Å². The third-order valence-corrected chi connectivity index (χ3v) is 3.46. The molecule has 0 aromatic heterocycles. The molecule has 5 nitrogen and oxygen atoms in total. The monoisotopic (exact) mass is 314 g/mol. The standard InChI is InChI=1S/C17H34N2O3/c1-14(2)7-8-16(20)18(5)10-12-22-11-9-17(21)19(6)13-15(3)4/h14-15H,7-13H2,1-6H3. The molecule has 0 atom stereocenters. The highest BCUT2D eigenvalue weighted by atomic mass is 16.5. The number of amides is 2. The molecule has 0 aromatic carbocycles. The van der Waals surface area contributed by atoms with Crippen molar-refractivity contribution >= 4 is 11.8 Å². The molecule has 0 fully saturated rings. The molecule has 0 aliphatic rings. The molecule has 0 heterocycles. The van der Waals surface area contributed by atoms with Crippen molar-refractivity contribution in [2.75, 3.05) is 40.4 Å². The summed E-state index contributed by atoms with van der Waals surface area (Å²) >= 11 is 0. The van der Waals surface area contributed by atoms with Crippen molar-refractivity contribution in [3.63, 3.8) is 0 Å². The van der Waals surface area contributed by atoms with Gasteiger partial charge in [0.15, 0.2) is 0 Å². The Hall–Kier alpha value is -1.10. The van der Waals surface area contributed by atoms with E-state index in [1.165, 1.54) is 0 Å². The topological polar surface area (TPSA) is 49.9 Å². The van der Waals surface area contributed by atoms with Gasteiger partial charge in [0.25, 0.3) is 0 Å². The molecular formula is C17H34N2O3. The number of likely N-dealkylation sites (N-methyl/N-ethyl adjacent to an activating group) is 1. The van der Waals surface area contributed by atoms with Crippen LogP contribution in [0.25, 0.3) is 0 Å². The molecule has 0 bridgehead atoms. The van der Waals surface area contributed by atoms with Crippen LogP contribution in [0.4, 0.5) is 0 Å². The van der Waals surface area contributed by atoms with Crippen LogP contribution in [0.15, 0.2) is 0 Å². The molecule has 0 radical (unpaired) electrons. The lowest BCUT2D eigenvalue weighted by Gasteiger charge is -2.20. The first-order valence-corrected chi connectivity index (χ1v) is 8.29. The summed E-state index contributed by atoms with van der Waals surface area (Å²) in [5.41, 5.74) is 0. The number of hydrogen-bond donors (Lipinski definition) is 0. The Balaban J connectivity index is 3.71. The van der Waals surface area contributed by atoms with Crippen LogP contribution in [0.1, 0.15) is 47.0 Å². The molecule has 0 saturated carbocycles. The van der Waals surface area contributed by atoms with E-state index in [1.54, 1.807) is 16.8 Å². The number of ether oxygens (including phenoxy) is 1. The van der Waals surface area contributed by atoms with Crippen LogP contribution in [0.5, 0.6) is 0 Å². The Morgan fingerprint density at radius 3 is 2.00 bits per heavy atom. The lowest BCUT2D eigenvalue weighted by molar-refractivity contribution is -0.133. The van der Waals surface area contributed by atoms with Crippen molar-refractivity contribution < 1.29 is 14.3 Å². The minimum absolute atomic E-state index is 0.107. The maximum Gasteiger partial charge on any atom is 0.224 e. The molecule has 2 amide bonds. The van der Waals surface area contributed by atoms with E-state index in [1.807, 2.05) is 7.05 Å². The molecule has 0 unspecified atom stereocenters. The van der Waals surface area contributed by atoms with Crippen LogP contribution >= 0.6 is 0 Å². The van der Waals surface area contributed by atoms with Gasteiger partial charge in [-0.05, 0) is 18.3 Å². The average molecular weight is 314 g/mol. The number of carbonyl (C=O) groups excluding carboxylic acids is 2. The van der Waals surface area contributed by atoms with E-state index >= 15 is 0 Å². The molecular weight excluding hydrogens is 280 g/mol. The highest BCUT2D eigenvalue weighted by Crippen LogP contribution is 2.05. The van der Waals surface area contributed by atoms with Gasteiger partial charge in [0.1, 0.15) is 0 Å². The van der Waals surface area contributed by atoms with E-state index in [2.05, 4.69) is 27.7 Å². The molecule has 22 heavy (non-hydrogen) atoms. The van der Waals surface area contributed by atoms with Crippen molar-refractivity contribution in [3.05, 3.63) is 0 Å². The fraction of sp³-hybridized carbons (Fsp3) is 0.882. The van der Waals surface area contributed by atoms with Gasteiger partial charge in [-0.2, -0.15) is 0 Å². The summed E-state index contributed by atoms with van der Waals surface area (Å²) in [6.45, 7) is 10.6. The van der Waals surface area contributed by atoms with E-state index in [4.69, 9.17) is 4.74 Å². The third-order valence-electron chi connectivity index (χ3n) is 3.46. The Bertz CT molecular complexity index is 330. The van der Waals surface area contributed by atoms with Gasteiger partial charge in [-0.3, -0.25) is 9.59 Å². The van der Waals surface area contributed by atoms with Crippen molar-refractivity contribution in [1.29, 1.82) is 0 Å². The summed E-state index contributed by atoms with van der Waals surface area (Å²) in [7, 11) is 3.62. The summed E-state index contributed by atoms with van der Waals surface area (Å²) in [5.74, 6) is 1.28. The second-order valence-electron chi connectivity index (χ2n) is 6.78. The molecule has 5 heteroatoms. The van der Waals surface area contributed by atoms with Crippen LogP contribution in [-0.4, -0.2) is 62.0 Å². The summed E-state index contributed by atoms with van der Waals surface area (Å²) in [6, 6.07) is 0. The van der Waals surface area contributed by atoms with Crippen LogP contribution in [0, 0.1) is 11.8 Å². The van der Waals surface area contributed by atoms with E-state index in [0.29, 0.717) is 44.4 Å². The quantitative estimate of drug-likeness (QED) is 0.550. The number of nitrogens with zero attached hydrogens (tertiary/aromatic N) is 2. The molecule has 0 aliphatic heterocycles. The van der Waals surface area contributed by atoms with E-state index in [-0.39, 0.29) is 11.8 Å². The summed E-state index contributed by atoms with van der Waals surface area (Å²) < 4.78 is 5.46. The first-order chi connectivity index (χ1) is 10.2. The zero-order chi connectivity index (χ0) is 17.1. The Kier molecular flexibility index (Phi) is 10.9. The van der Waals surface area contributed by atoms with Gasteiger partial charge in [0.2, 0.25) is 11.8 Å². The van der Waals surface area contributed by atoms with Gasteiger partial charge in [-0.25, -0.2) is 0 Å². The van der Waals surface area contributed by atoms with Crippen molar-refractivity contribution in [3.8, 4) is 0 Å². The number of hydrogen-bond acceptors (Lipinski definition) is 3. The summed E-state index contributed by atoms with van der Waals surface area (Å²) in [6.07, 6.45) is 1.90. The van der Waals surface area contributed by atoms with Gasteiger partial charge >= 0.3 is 0 Å². The molecule has 0 rings (SSSR count). The Morgan fingerprint density at radius 2 is 1.45 bits per heavy atom. The third kappa shape index (κ3) is 10.6. The lowest BCUT2D eigenvalue weighted by Crippen LogP contribution is -2.32. The predicted octanol–water partition coefficient (Wildman–Crippen LogP) is 2.40. The number of rotatable bonds is 11. The fourth-order valence-corrected chi connectivity index (χ4v) is 2.03. The van der Waals surface area contributed by atoms with E-state index < -0.39 is 0 Å². The second-order valence-corrected chi connectivity index (χ2v) is 6.78. The van der Waals surface area contributed by atoms with Gasteiger partial charge in [-0.1, -0.05) is 27.7 Å². The smallest absolute Gasteiger partial charge is 0.224 e. The van der Waals surface area contributed by atoms with Gasteiger partial charge in [0, 0.05) is 33.6 Å². The van der Waals surface area contributed by atoms with E-state index in [9.17, 15) is 9.59 Å². The minimum atomic E-state index is 0.107. The molecule has 130 valence electrons. The average Bonchev–Trinajstić information content (AvgIpc) is 2.42. The van der Waals surface area contributed by atoms with Crippen molar-refractivity contribution in [1.82, 2.24) is 9.80 Å². The number of carbonyl (C=O) groups is 2. The second kappa shape index (κ2) is 11.5. The molecule has 0 N–H and O–H groups in total. The zero-order valence-electron chi connectivity index (χ0n) is 15.2. The first-order valence-electron chi connectivity index (χ1n) is 8.29. The molecule has 0 aliphatic carbocycles. The highest BCUT2D eigenvalue weighted by Gasteiger charge is 2.11. The van der Waals surface area contributed by atoms with Crippen molar-refractivity contribution in [2.24, 2.45) is 11.8 Å². The molecule has 0 saturated heterocycles. The summed E-state index contributed by atoms with van der Waals surface area (Å²) in [5, 5.41) is 0. The first kappa shape index (κ1) is 20.9. The maximum absolute atomic E-state index is 11.8. The lowest BCUT2D eigenvalue weighted by atomic mass is 10.1. The van der Waals surface area contributed by atoms with E-state index in [0.717, 1.165) is 13.0 Å². The van der Waals surface area contributed by atoms with Gasteiger partial charge in [-0.15, -0.1) is 0 Å². The summed E-state index contributed by atoms with van der Waals surface area (Å²) in [4.78, 5) is 27.1. The van der Waals surface area contributed by atoms with Gasteiger partial charge in [0.05, 0.1) is 19.6 Å². The SMILES string of the molecule is CC(C)CCC(=O)N(C)CCOCCC(=O)N(C)CC(C)C. The van der Waals surface area contributed by atoms with Crippen LogP contribution in [0.2, 0.25) is 0 Å². The van der Waals surface area contributed by atoms with Crippen molar-refractivity contribution in [2.45, 2.75) is 47.0 Å². The Labute approximate surface area is 136 Å². The highest BCUT2D eigenvalue weighted by molar-refractivity contribution is 5.76. The predicted molar refractivity (Wildman–Crippen MR) is 89.6 cm³/mol. The normalized spacial score (nSPS) is 11.1. The van der Waals surface area contributed by atoms with Gasteiger partial charge < -0.3 is 14.5 Å². The fourth-order valence-electron chi connectivity index (χ4n) is 2.03. The molecule has 0 aromatic rings. The van der Waals surface area contributed by atoms with Crippen LogP contribution < -0.4 is 0 Å². The minimum Gasteiger partial charge on any atom is -0.379 e.